The largest absolute Gasteiger partial charge is 0.495 e. The highest BCUT2D eigenvalue weighted by Crippen LogP contribution is 2.30. The Bertz CT molecular complexity index is 1040. The molecule has 0 unspecified atom stereocenters. The molecule has 0 saturated carbocycles. The van der Waals surface area contributed by atoms with Gasteiger partial charge in [0.05, 0.1) is 22.6 Å². The van der Waals surface area contributed by atoms with Gasteiger partial charge in [0.15, 0.2) is 5.11 Å². The summed E-state index contributed by atoms with van der Waals surface area (Å²) in [5.74, 6) is 0.485. The maximum atomic E-state index is 12.8. The molecule has 3 rings (SSSR count). The fourth-order valence-corrected chi connectivity index (χ4v) is 4.03. The van der Waals surface area contributed by atoms with Crippen LogP contribution < -0.4 is 15.4 Å². The zero-order valence-electron chi connectivity index (χ0n) is 14.5. The third-order valence-electron chi connectivity index (χ3n) is 3.81. The minimum absolute atomic E-state index is 0.152. The summed E-state index contributed by atoms with van der Waals surface area (Å²) in [7, 11) is -2.13. The van der Waals surface area contributed by atoms with Gasteiger partial charge < -0.3 is 15.4 Å². The Morgan fingerprint density at radius 3 is 2.11 bits per heavy atom. The Balaban J connectivity index is 1.89. The van der Waals surface area contributed by atoms with Crippen molar-refractivity contribution in [3.8, 4) is 5.75 Å². The van der Waals surface area contributed by atoms with E-state index in [0.29, 0.717) is 16.5 Å². The quantitative estimate of drug-likeness (QED) is 0.624. The Kier molecular flexibility index (Phi) is 5.73. The zero-order valence-corrected chi connectivity index (χ0v) is 16.2. The SMILES string of the molecule is COc1ccc(S(=O)(=O)c2ccccc2)cc1NC(=S)Nc1ccccc1. The summed E-state index contributed by atoms with van der Waals surface area (Å²) < 4.78 is 31.0. The molecule has 2 N–H and O–H groups in total. The molecule has 0 fully saturated rings. The summed E-state index contributed by atoms with van der Waals surface area (Å²) >= 11 is 5.33. The molecule has 0 aromatic heterocycles. The second-order valence-electron chi connectivity index (χ2n) is 5.62. The molecule has 0 bridgehead atoms. The lowest BCUT2D eigenvalue weighted by molar-refractivity contribution is 0.416. The van der Waals surface area contributed by atoms with Gasteiger partial charge in [0.1, 0.15) is 5.75 Å². The number of para-hydroxylation sites is 1. The van der Waals surface area contributed by atoms with E-state index in [0.717, 1.165) is 5.69 Å². The zero-order chi connectivity index (χ0) is 19.3. The molecule has 0 saturated heterocycles. The van der Waals surface area contributed by atoms with Gasteiger partial charge in [-0.05, 0) is 54.7 Å². The van der Waals surface area contributed by atoms with E-state index in [4.69, 9.17) is 17.0 Å². The fourth-order valence-electron chi connectivity index (χ4n) is 2.49. The molecular weight excluding hydrogens is 380 g/mol. The number of sulfone groups is 1. The normalized spacial score (nSPS) is 10.9. The number of benzene rings is 3. The van der Waals surface area contributed by atoms with E-state index < -0.39 is 9.84 Å². The van der Waals surface area contributed by atoms with Crippen LogP contribution in [0.2, 0.25) is 0 Å². The van der Waals surface area contributed by atoms with E-state index in [9.17, 15) is 8.42 Å². The molecule has 5 nitrogen and oxygen atoms in total. The summed E-state index contributed by atoms with van der Waals surface area (Å²) in [5, 5.41) is 6.38. The molecule has 0 spiro atoms. The number of thiocarbonyl (C=S) groups is 1. The molecular formula is C20H18N2O3S2. The van der Waals surface area contributed by atoms with E-state index in [2.05, 4.69) is 10.6 Å². The maximum Gasteiger partial charge on any atom is 0.206 e. The minimum Gasteiger partial charge on any atom is -0.495 e. The van der Waals surface area contributed by atoms with Crippen LogP contribution in [0.3, 0.4) is 0 Å². The fraction of sp³-hybridized carbons (Fsp3) is 0.0500. The molecule has 0 aliphatic rings. The van der Waals surface area contributed by atoms with Crippen LogP contribution in [0.5, 0.6) is 5.75 Å². The Hall–Kier alpha value is -2.90. The van der Waals surface area contributed by atoms with Gasteiger partial charge in [-0.15, -0.1) is 0 Å². The first-order chi connectivity index (χ1) is 13.0. The topological polar surface area (TPSA) is 67.4 Å². The molecule has 0 heterocycles. The number of nitrogens with one attached hydrogen (secondary N) is 2. The number of anilines is 2. The second-order valence-corrected chi connectivity index (χ2v) is 7.98. The molecule has 0 amide bonds. The molecule has 27 heavy (non-hydrogen) atoms. The number of hydrogen-bond acceptors (Lipinski definition) is 4. The Morgan fingerprint density at radius 2 is 1.48 bits per heavy atom. The second kappa shape index (κ2) is 8.20. The Labute approximate surface area is 163 Å². The van der Waals surface area contributed by atoms with Crippen LogP contribution in [-0.2, 0) is 9.84 Å². The van der Waals surface area contributed by atoms with Gasteiger partial charge in [-0.25, -0.2) is 8.42 Å². The lowest BCUT2D eigenvalue weighted by Gasteiger charge is -2.15. The predicted octanol–water partition coefficient (Wildman–Crippen LogP) is 4.34. The van der Waals surface area contributed by atoms with Crippen LogP contribution in [0.1, 0.15) is 0 Å². The number of ether oxygens (including phenoxy) is 1. The standard InChI is InChI=1S/C20H18N2O3S2/c1-25-19-13-12-17(27(23,24)16-10-6-3-7-11-16)14-18(19)22-20(26)21-15-8-4-2-5-9-15/h2-14H,1H3,(H2,21,22,26). The first-order valence-electron chi connectivity index (χ1n) is 8.12. The van der Waals surface area contributed by atoms with Gasteiger partial charge in [-0.3, -0.25) is 0 Å². The number of hydrogen-bond donors (Lipinski definition) is 2. The van der Waals surface area contributed by atoms with Crippen LogP contribution in [0.15, 0.2) is 88.7 Å². The van der Waals surface area contributed by atoms with Crippen molar-refractivity contribution in [2.45, 2.75) is 9.79 Å². The molecule has 138 valence electrons. The average Bonchev–Trinajstić information content (AvgIpc) is 2.69. The molecule has 0 atom stereocenters. The van der Waals surface area contributed by atoms with E-state index in [-0.39, 0.29) is 9.79 Å². The third-order valence-corrected chi connectivity index (χ3v) is 5.79. The van der Waals surface area contributed by atoms with Crippen molar-refractivity contribution in [3.63, 3.8) is 0 Å². The first kappa shape index (κ1) is 18.9. The summed E-state index contributed by atoms with van der Waals surface area (Å²) in [6, 6.07) is 22.3. The molecule has 3 aromatic rings. The van der Waals surface area contributed by atoms with Crippen LogP contribution in [0.25, 0.3) is 0 Å². The maximum absolute atomic E-state index is 12.8. The van der Waals surface area contributed by atoms with E-state index in [1.807, 2.05) is 30.3 Å². The van der Waals surface area contributed by atoms with Crippen molar-refractivity contribution in [2.24, 2.45) is 0 Å². The lowest BCUT2D eigenvalue weighted by atomic mass is 10.3. The first-order valence-corrected chi connectivity index (χ1v) is 10.0. The highest BCUT2D eigenvalue weighted by molar-refractivity contribution is 7.91. The van der Waals surface area contributed by atoms with Crippen LogP contribution in [-0.4, -0.2) is 20.6 Å². The monoisotopic (exact) mass is 398 g/mol. The molecule has 0 aliphatic heterocycles. The summed E-state index contributed by atoms with van der Waals surface area (Å²) in [6.45, 7) is 0. The van der Waals surface area contributed by atoms with Crippen LogP contribution >= 0.6 is 12.2 Å². The van der Waals surface area contributed by atoms with E-state index >= 15 is 0 Å². The lowest BCUT2D eigenvalue weighted by Crippen LogP contribution is -2.19. The highest BCUT2D eigenvalue weighted by atomic mass is 32.2. The minimum atomic E-state index is -3.64. The van der Waals surface area contributed by atoms with Gasteiger partial charge in [0.2, 0.25) is 9.84 Å². The smallest absolute Gasteiger partial charge is 0.206 e. The molecule has 0 aliphatic carbocycles. The van der Waals surface area contributed by atoms with Crippen molar-refractivity contribution < 1.29 is 13.2 Å². The summed E-state index contributed by atoms with van der Waals surface area (Å²) in [4.78, 5) is 0.380. The van der Waals surface area contributed by atoms with Crippen molar-refractivity contribution >= 4 is 38.5 Å². The summed E-state index contributed by atoms with van der Waals surface area (Å²) in [6.07, 6.45) is 0. The van der Waals surface area contributed by atoms with Crippen LogP contribution in [0, 0.1) is 0 Å². The molecule has 7 heteroatoms. The van der Waals surface area contributed by atoms with Crippen molar-refractivity contribution in [2.75, 3.05) is 17.7 Å². The van der Waals surface area contributed by atoms with Gasteiger partial charge in [0.25, 0.3) is 0 Å². The van der Waals surface area contributed by atoms with E-state index in [1.54, 1.807) is 36.4 Å². The van der Waals surface area contributed by atoms with Gasteiger partial charge >= 0.3 is 0 Å². The third kappa shape index (κ3) is 4.45. The van der Waals surface area contributed by atoms with Crippen LogP contribution in [0.4, 0.5) is 11.4 Å². The van der Waals surface area contributed by atoms with Gasteiger partial charge in [0, 0.05) is 5.69 Å². The van der Waals surface area contributed by atoms with Crippen molar-refractivity contribution in [1.82, 2.24) is 0 Å². The van der Waals surface area contributed by atoms with Gasteiger partial charge in [-0.1, -0.05) is 36.4 Å². The molecule has 0 radical (unpaired) electrons. The van der Waals surface area contributed by atoms with Crippen molar-refractivity contribution in [3.05, 3.63) is 78.9 Å². The predicted molar refractivity (Wildman–Crippen MR) is 111 cm³/mol. The number of methoxy groups -OCH3 is 1. The summed E-state index contributed by atoms with van der Waals surface area (Å²) in [5.41, 5.74) is 1.28. The van der Waals surface area contributed by atoms with Gasteiger partial charge in [-0.2, -0.15) is 0 Å². The van der Waals surface area contributed by atoms with Crippen molar-refractivity contribution in [1.29, 1.82) is 0 Å². The average molecular weight is 399 g/mol. The van der Waals surface area contributed by atoms with E-state index in [1.165, 1.54) is 19.2 Å². The number of rotatable bonds is 5. The molecule has 3 aromatic carbocycles. The highest BCUT2D eigenvalue weighted by Gasteiger charge is 2.19. The Morgan fingerprint density at radius 1 is 0.852 bits per heavy atom.